The number of piperazine rings is 1. The predicted octanol–water partition coefficient (Wildman–Crippen LogP) is 7.40. The van der Waals surface area contributed by atoms with Crippen LogP contribution in [0.15, 0.2) is 79.0 Å². The van der Waals surface area contributed by atoms with E-state index < -0.39 is 41.0 Å². The highest BCUT2D eigenvalue weighted by Gasteiger charge is 2.39. The maximum atomic E-state index is 13.8. The molecule has 0 radical (unpaired) electrons. The van der Waals surface area contributed by atoms with Crippen molar-refractivity contribution >= 4 is 35.1 Å². The smallest absolute Gasteiger partial charge is 0.361 e. The highest BCUT2D eigenvalue weighted by Crippen LogP contribution is 2.37. The first kappa shape index (κ1) is 35.3. The van der Waals surface area contributed by atoms with Crippen LogP contribution in [0.3, 0.4) is 0 Å². The van der Waals surface area contributed by atoms with Gasteiger partial charge in [-0.2, -0.15) is 26.3 Å². The van der Waals surface area contributed by atoms with Crippen LogP contribution in [0.5, 0.6) is 0 Å². The maximum Gasteiger partial charge on any atom is 0.416 e. The minimum absolute atomic E-state index is 0. The van der Waals surface area contributed by atoms with Crippen molar-refractivity contribution in [1.29, 1.82) is 0 Å². The van der Waals surface area contributed by atoms with Crippen LogP contribution in [-0.4, -0.2) is 76.8 Å². The lowest BCUT2D eigenvalue weighted by molar-refractivity contribution is -0.143. The highest BCUT2D eigenvalue weighted by atomic mass is 35.5. The quantitative estimate of drug-likeness (QED) is 0.214. The van der Waals surface area contributed by atoms with Crippen molar-refractivity contribution in [1.82, 2.24) is 19.7 Å². The Labute approximate surface area is 280 Å². The fourth-order valence-corrected chi connectivity index (χ4v) is 6.78. The van der Waals surface area contributed by atoms with E-state index in [1.807, 2.05) is 52.3 Å². The van der Waals surface area contributed by atoms with E-state index in [0.29, 0.717) is 31.1 Å². The van der Waals surface area contributed by atoms with Gasteiger partial charge in [0.15, 0.2) is 0 Å². The van der Waals surface area contributed by atoms with Crippen molar-refractivity contribution in [2.75, 3.05) is 39.3 Å². The molecule has 0 bridgehead atoms. The van der Waals surface area contributed by atoms with Gasteiger partial charge in [0.1, 0.15) is 0 Å². The topological polar surface area (TPSA) is 59.7 Å². The molecule has 1 atom stereocenters. The number of carbonyl (C=O) groups is 2. The number of rotatable bonds is 6. The molecule has 2 amide bonds. The van der Waals surface area contributed by atoms with Crippen molar-refractivity contribution in [2.45, 2.75) is 43.6 Å². The Balaban J connectivity index is 0.00000451. The molecule has 0 spiro atoms. The number of nitrogens with one attached hydrogen (secondary N) is 1. The molecule has 3 aromatic carbocycles. The molecule has 2 aliphatic heterocycles. The van der Waals surface area contributed by atoms with Crippen LogP contribution >= 0.6 is 12.4 Å². The zero-order valence-electron chi connectivity index (χ0n) is 25.9. The van der Waals surface area contributed by atoms with Crippen LogP contribution in [0.4, 0.5) is 26.3 Å². The molecule has 48 heavy (non-hydrogen) atoms. The molecule has 0 aliphatic carbocycles. The fraction of sp³-hybridized carbons (Fsp3) is 0.371. The van der Waals surface area contributed by atoms with E-state index in [1.165, 1.54) is 10.5 Å². The number of halogens is 7. The average Bonchev–Trinajstić information content (AvgIpc) is 3.46. The van der Waals surface area contributed by atoms with Crippen molar-refractivity contribution in [3.05, 3.63) is 107 Å². The third-order valence-corrected chi connectivity index (χ3v) is 9.27. The molecule has 1 unspecified atom stereocenters. The normalized spacial score (nSPS) is 18.2. The fourth-order valence-electron chi connectivity index (χ4n) is 6.78. The first-order valence-electron chi connectivity index (χ1n) is 15.6. The maximum absolute atomic E-state index is 13.8. The Morgan fingerprint density at radius 1 is 0.792 bits per heavy atom. The summed E-state index contributed by atoms with van der Waals surface area (Å²) in [4.78, 5) is 35.5. The molecule has 2 saturated heterocycles. The number of piperidine rings is 1. The van der Waals surface area contributed by atoms with Crippen LogP contribution in [-0.2, 0) is 23.6 Å². The summed E-state index contributed by atoms with van der Waals surface area (Å²) in [6, 6.07) is 18.1. The highest BCUT2D eigenvalue weighted by molar-refractivity contribution is 5.95. The number of para-hydroxylation sites is 1. The Morgan fingerprint density at radius 2 is 1.42 bits per heavy atom. The summed E-state index contributed by atoms with van der Waals surface area (Å²) < 4.78 is 81.7. The number of carbonyl (C=O) groups excluding carboxylic acids is 2. The molecule has 2 aliphatic rings. The summed E-state index contributed by atoms with van der Waals surface area (Å²) in [5.74, 6) is -0.584. The van der Waals surface area contributed by atoms with Gasteiger partial charge in [-0.15, -0.1) is 12.4 Å². The van der Waals surface area contributed by atoms with Gasteiger partial charge in [-0.3, -0.25) is 14.5 Å². The van der Waals surface area contributed by atoms with Crippen molar-refractivity contribution in [2.24, 2.45) is 0 Å². The molecule has 2 fully saturated rings. The van der Waals surface area contributed by atoms with Gasteiger partial charge in [-0.25, -0.2) is 0 Å². The van der Waals surface area contributed by atoms with Crippen molar-refractivity contribution in [3.63, 3.8) is 0 Å². The van der Waals surface area contributed by atoms with E-state index in [-0.39, 0.29) is 57.0 Å². The number of fused-ring (bicyclic) bond motifs is 1. The Kier molecular flexibility index (Phi) is 10.4. The second-order valence-corrected chi connectivity index (χ2v) is 12.3. The number of H-pyrrole nitrogens is 1. The van der Waals surface area contributed by atoms with Crippen LogP contribution in [0, 0.1) is 0 Å². The van der Waals surface area contributed by atoms with E-state index >= 15 is 0 Å². The zero-order chi connectivity index (χ0) is 33.3. The van der Waals surface area contributed by atoms with E-state index in [9.17, 15) is 35.9 Å². The van der Waals surface area contributed by atoms with Crippen LogP contribution in [0.2, 0.25) is 0 Å². The standard InChI is InChI=1S/C35H34F6N4O2.ClH/c36-34(37,38)27-16-25(17-28(19-27)35(39,40)41)33(47)45-15-14-43(21-29(45)18-26-20-42-31-9-5-4-8-30(26)31)22-32(46)44-12-10-24(11-13-44)23-6-2-1-3-7-23;/h1-9,16-17,19-20,24,29,42H,10-15,18,21-22H2;1H. The van der Waals surface area contributed by atoms with Gasteiger partial charge in [-0.05, 0) is 60.6 Å². The summed E-state index contributed by atoms with van der Waals surface area (Å²) in [6.07, 6.45) is -6.38. The second kappa shape index (κ2) is 14.2. The van der Waals surface area contributed by atoms with Crippen LogP contribution < -0.4 is 0 Å². The number of aromatic amines is 1. The second-order valence-electron chi connectivity index (χ2n) is 12.3. The molecule has 1 aromatic heterocycles. The number of hydrogen-bond acceptors (Lipinski definition) is 3. The Bertz CT molecular complexity index is 1700. The molecule has 6 nitrogen and oxygen atoms in total. The summed E-state index contributed by atoms with van der Waals surface area (Å²) in [5, 5.41) is 0.896. The number of alkyl halides is 6. The first-order valence-corrected chi connectivity index (χ1v) is 15.6. The van der Waals surface area contributed by atoms with E-state index in [2.05, 4.69) is 17.1 Å². The molecule has 6 rings (SSSR count). The van der Waals surface area contributed by atoms with Crippen molar-refractivity contribution < 1.29 is 35.9 Å². The molecule has 256 valence electrons. The number of benzene rings is 3. The summed E-state index contributed by atoms with van der Waals surface area (Å²) in [7, 11) is 0. The van der Waals surface area contributed by atoms with Gasteiger partial charge < -0.3 is 14.8 Å². The van der Waals surface area contributed by atoms with Gasteiger partial charge in [0.25, 0.3) is 5.91 Å². The summed E-state index contributed by atoms with van der Waals surface area (Å²) in [5.41, 5.74) is -0.798. The molecular weight excluding hydrogens is 658 g/mol. The van der Waals surface area contributed by atoms with Crippen LogP contribution in [0.1, 0.15) is 51.4 Å². The number of aromatic nitrogens is 1. The summed E-state index contributed by atoms with van der Waals surface area (Å²) in [6.45, 7) is 1.84. The van der Waals surface area contributed by atoms with E-state index in [4.69, 9.17) is 0 Å². The number of nitrogens with zero attached hydrogens (tertiary/aromatic N) is 3. The van der Waals surface area contributed by atoms with Gasteiger partial charge in [0.2, 0.25) is 5.91 Å². The zero-order valence-corrected chi connectivity index (χ0v) is 26.7. The summed E-state index contributed by atoms with van der Waals surface area (Å²) >= 11 is 0. The molecule has 1 N–H and O–H groups in total. The Hall–Kier alpha value is -4.03. The van der Waals surface area contributed by atoms with E-state index in [1.54, 1.807) is 6.20 Å². The minimum Gasteiger partial charge on any atom is -0.361 e. The average molecular weight is 693 g/mol. The van der Waals surface area contributed by atoms with Gasteiger partial charge in [-0.1, -0.05) is 48.5 Å². The van der Waals surface area contributed by atoms with Gasteiger partial charge in [0.05, 0.1) is 17.7 Å². The lowest BCUT2D eigenvalue weighted by atomic mass is 9.89. The molecule has 0 saturated carbocycles. The predicted molar refractivity (Wildman–Crippen MR) is 172 cm³/mol. The molecule has 3 heterocycles. The van der Waals surface area contributed by atoms with Crippen molar-refractivity contribution in [3.8, 4) is 0 Å². The largest absolute Gasteiger partial charge is 0.416 e. The minimum atomic E-state index is -5.08. The van der Waals surface area contributed by atoms with E-state index in [0.717, 1.165) is 29.3 Å². The Morgan fingerprint density at radius 3 is 2.06 bits per heavy atom. The number of amides is 2. The molecule has 4 aromatic rings. The van der Waals surface area contributed by atoms with Gasteiger partial charge >= 0.3 is 12.4 Å². The van der Waals surface area contributed by atoms with Gasteiger partial charge in [0, 0.05) is 61.4 Å². The molecule has 13 heteroatoms. The molecular formula is C35H35ClF6N4O2. The number of hydrogen-bond donors (Lipinski definition) is 1. The number of likely N-dealkylation sites (tertiary alicyclic amines) is 1. The first-order chi connectivity index (χ1) is 22.4. The van der Waals surface area contributed by atoms with Crippen LogP contribution in [0.25, 0.3) is 10.9 Å². The third-order valence-electron chi connectivity index (χ3n) is 9.27. The lowest BCUT2D eigenvalue weighted by Crippen LogP contribution is -2.57. The SMILES string of the molecule is Cl.O=C(CN1CCN(C(=O)c2cc(C(F)(F)F)cc(C(F)(F)F)c2)C(Cc2c[nH]c3ccccc23)C1)N1CCC(c2ccccc2)CC1. The third kappa shape index (κ3) is 7.81. The monoisotopic (exact) mass is 692 g/mol. The lowest BCUT2D eigenvalue weighted by Gasteiger charge is -2.42.